The summed E-state index contributed by atoms with van der Waals surface area (Å²) < 4.78 is 0. The quantitative estimate of drug-likeness (QED) is 0.299. The summed E-state index contributed by atoms with van der Waals surface area (Å²) in [6, 6.07) is 10.8. The lowest BCUT2D eigenvalue weighted by molar-refractivity contribution is 0.672. The van der Waals surface area contributed by atoms with Crippen LogP contribution in [-0.2, 0) is 0 Å². The van der Waals surface area contributed by atoms with E-state index in [1.165, 1.54) is 37.0 Å². The van der Waals surface area contributed by atoms with Gasteiger partial charge in [0.1, 0.15) is 0 Å². The summed E-state index contributed by atoms with van der Waals surface area (Å²) in [5.74, 6) is 0. The van der Waals surface area contributed by atoms with Crippen LogP contribution in [0.2, 0.25) is 19.6 Å². The van der Waals surface area contributed by atoms with Gasteiger partial charge in [0.25, 0.3) is 0 Å². The predicted molar refractivity (Wildman–Crippen MR) is 92.5 cm³/mol. The fraction of sp³-hybridized carbons (Fsp3) is 0.529. The maximum absolute atomic E-state index is 2.58. The Labute approximate surface area is 124 Å². The number of hydrogen-bond donors (Lipinski definition) is 0. The standard InChI is InChI=1S/C17H28SSi/c1-5-6-7-9-14-17(15-19(2,3)4)18-16-12-10-8-11-13-16/h8,10-13,15H,5-7,9,14H2,1-4H3. The fourth-order valence-electron chi connectivity index (χ4n) is 2.00. The van der Waals surface area contributed by atoms with Crippen LogP contribution >= 0.6 is 11.8 Å². The van der Waals surface area contributed by atoms with Crippen molar-refractivity contribution in [2.24, 2.45) is 0 Å². The average molecular weight is 293 g/mol. The van der Waals surface area contributed by atoms with E-state index in [1.54, 1.807) is 4.91 Å². The molecule has 0 nitrogen and oxygen atoms in total. The van der Waals surface area contributed by atoms with Crippen molar-refractivity contribution < 1.29 is 0 Å². The van der Waals surface area contributed by atoms with Gasteiger partial charge >= 0.3 is 0 Å². The van der Waals surface area contributed by atoms with Gasteiger partial charge in [-0.15, -0.1) is 0 Å². The van der Waals surface area contributed by atoms with Crippen molar-refractivity contribution in [1.82, 2.24) is 0 Å². The molecule has 1 aromatic rings. The lowest BCUT2D eigenvalue weighted by Gasteiger charge is -2.14. The Balaban J connectivity index is 2.62. The van der Waals surface area contributed by atoms with Crippen LogP contribution in [-0.4, -0.2) is 8.07 Å². The summed E-state index contributed by atoms with van der Waals surface area (Å²) in [5.41, 5.74) is 2.58. The van der Waals surface area contributed by atoms with E-state index >= 15 is 0 Å². The number of allylic oxidation sites excluding steroid dienone is 1. The first kappa shape index (κ1) is 16.6. The van der Waals surface area contributed by atoms with Crippen LogP contribution in [0.4, 0.5) is 0 Å². The van der Waals surface area contributed by atoms with Crippen molar-refractivity contribution in [3.8, 4) is 0 Å². The predicted octanol–water partition coefficient (Wildman–Crippen LogP) is 6.51. The topological polar surface area (TPSA) is 0 Å². The molecule has 0 aliphatic heterocycles. The molecule has 0 saturated carbocycles. The van der Waals surface area contributed by atoms with Crippen LogP contribution in [0.15, 0.2) is 45.8 Å². The second kappa shape index (κ2) is 8.65. The lowest BCUT2D eigenvalue weighted by atomic mass is 10.1. The molecule has 0 spiro atoms. The first-order valence-electron chi connectivity index (χ1n) is 7.46. The second-order valence-electron chi connectivity index (χ2n) is 6.20. The number of unbranched alkanes of at least 4 members (excludes halogenated alkanes) is 3. The lowest BCUT2D eigenvalue weighted by Crippen LogP contribution is -2.16. The van der Waals surface area contributed by atoms with Gasteiger partial charge in [0, 0.05) is 4.90 Å². The first-order valence-corrected chi connectivity index (χ1v) is 11.9. The van der Waals surface area contributed by atoms with Gasteiger partial charge in [-0.2, -0.15) is 0 Å². The number of benzene rings is 1. The van der Waals surface area contributed by atoms with Gasteiger partial charge in [-0.25, -0.2) is 0 Å². The molecule has 1 rings (SSSR count). The van der Waals surface area contributed by atoms with Gasteiger partial charge in [0.05, 0.1) is 8.07 Å². The molecule has 0 saturated heterocycles. The molecule has 0 atom stereocenters. The number of thioether (sulfide) groups is 1. The third-order valence-corrected chi connectivity index (χ3v) is 5.38. The van der Waals surface area contributed by atoms with E-state index in [0.717, 1.165) is 0 Å². The van der Waals surface area contributed by atoms with Crippen LogP contribution in [0.1, 0.15) is 39.0 Å². The molecule has 0 aliphatic carbocycles. The summed E-state index contributed by atoms with van der Waals surface area (Å²) in [6.45, 7) is 9.54. The minimum absolute atomic E-state index is 1.13. The van der Waals surface area contributed by atoms with Gasteiger partial charge in [0.2, 0.25) is 0 Å². The van der Waals surface area contributed by atoms with Crippen LogP contribution in [0, 0.1) is 0 Å². The highest BCUT2D eigenvalue weighted by atomic mass is 32.2. The molecule has 0 heterocycles. The minimum atomic E-state index is -1.13. The van der Waals surface area contributed by atoms with Crippen molar-refractivity contribution in [2.45, 2.75) is 63.6 Å². The van der Waals surface area contributed by atoms with Crippen LogP contribution in [0.5, 0.6) is 0 Å². The third kappa shape index (κ3) is 8.33. The molecule has 0 bridgehead atoms. The summed E-state index contributed by atoms with van der Waals surface area (Å²) in [7, 11) is -1.13. The summed E-state index contributed by atoms with van der Waals surface area (Å²) in [4.78, 5) is 2.96. The third-order valence-electron chi connectivity index (χ3n) is 2.86. The van der Waals surface area contributed by atoms with E-state index in [-0.39, 0.29) is 0 Å². The zero-order chi connectivity index (χ0) is 14.1. The molecular formula is C17H28SSi. The maximum atomic E-state index is 2.58. The molecule has 0 N–H and O–H groups in total. The average Bonchev–Trinajstić information content (AvgIpc) is 2.34. The Hall–Kier alpha value is -0.473. The molecule has 0 aliphatic rings. The van der Waals surface area contributed by atoms with Crippen molar-refractivity contribution in [1.29, 1.82) is 0 Å². The van der Waals surface area contributed by atoms with E-state index < -0.39 is 8.07 Å². The Morgan fingerprint density at radius 3 is 2.32 bits per heavy atom. The molecule has 0 unspecified atom stereocenters. The van der Waals surface area contributed by atoms with Crippen LogP contribution in [0.3, 0.4) is 0 Å². The normalized spacial score (nSPS) is 12.7. The van der Waals surface area contributed by atoms with E-state index in [2.05, 4.69) is 62.6 Å². The molecular weight excluding hydrogens is 264 g/mol. The summed E-state index contributed by atoms with van der Waals surface area (Å²) in [6.07, 6.45) is 6.65. The van der Waals surface area contributed by atoms with Gasteiger partial charge < -0.3 is 0 Å². The maximum Gasteiger partial charge on any atom is 0.0697 e. The van der Waals surface area contributed by atoms with Gasteiger partial charge in [0.15, 0.2) is 0 Å². The molecule has 0 amide bonds. The van der Waals surface area contributed by atoms with E-state index in [0.29, 0.717) is 0 Å². The number of rotatable bonds is 8. The van der Waals surface area contributed by atoms with Crippen molar-refractivity contribution in [3.05, 3.63) is 40.9 Å². The first-order chi connectivity index (χ1) is 9.01. The molecule has 0 fully saturated rings. The largest absolute Gasteiger partial charge is 0.0953 e. The Morgan fingerprint density at radius 2 is 1.74 bits per heavy atom. The van der Waals surface area contributed by atoms with Crippen LogP contribution in [0.25, 0.3) is 0 Å². The molecule has 19 heavy (non-hydrogen) atoms. The molecule has 1 aromatic carbocycles. The molecule has 2 heteroatoms. The Kier molecular flexibility index (Phi) is 7.55. The van der Waals surface area contributed by atoms with Gasteiger partial charge in [-0.05, 0) is 29.9 Å². The van der Waals surface area contributed by atoms with Crippen molar-refractivity contribution in [2.75, 3.05) is 0 Å². The monoisotopic (exact) mass is 292 g/mol. The Bertz CT molecular complexity index is 376. The SMILES string of the molecule is CCCCCCC(=C[Si](C)(C)C)Sc1ccccc1. The second-order valence-corrected chi connectivity index (χ2v) is 12.4. The smallest absolute Gasteiger partial charge is 0.0697 e. The Morgan fingerprint density at radius 1 is 1.05 bits per heavy atom. The van der Waals surface area contributed by atoms with Crippen molar-refractivity contribution in [3.63, 3.8) is 0 Å². The van der Waals surface area contributed by atoms with E-state index in [4.69, 9.17) is 0 Å². The highest BCUT2D eigenvalue weighted by Crippen LogP contribution is 2.31. The summed E-state index contributed by atoms with van der Waals surface area (Å²) in [5, 5.41) is 0. The zero-order valence-corrected chi connectivity index (χ0v) is 14.7. The highest BCUT2D eigenvalue weighted by Gasteiger charge is 2.12. The van der Waals surface area contributed by atoms with E-state index in [9.17, 15) is 0 Å². The molecule has 106 valence electrons. The van der Waals surface area contributed by atoms with Gasteiger partial charge in [-0.1, -0.05) is 81.5 Å². The van der Waals surface area contributed by atoms with Crippen LogP contribution < -0.4 is 0 Å². The number of hydrogen-bond acceptors (Lipinski definition) is 1. The van der Waals surface area contributed by atoms with Crippen molar-refractivity contribution >= 4 is 19.8 Å². The molecule has 0 radical (unpaired) electrons. The van der Waals surface area contributed by atoms with Gasteiger partial charge in [-0.3, -0.25) is 0 Å². The summed E-state index contributed by atoms with van der Waals surface area (Å²) >= 11 is 1.97. The van der Waals surface area contributed by atoms with E-state index in [1.807, 2.05) is 11.8 Å². The molecule has 0 aromatic heterocycles. The minimum Gasteiger partial charge on any atom is -0.0953 e. The fourth-order valence-corrected chi connectivity index (χ4v) is 5.25. The zero-order valence-electron chi connectivity index (χ0n) is 12.9. The highest BCUT2D eigenvalue weighted by molar-refractivity contribution is 8.03.